The predicted molar refractivity (Wildman–Crippen MR) is 94.2 cm³/mol. The summed E-state index contributed by atoms with van der Waals surface area (Å²) in [6.45, 7) is 6.20. The van der Waals surface area contributed by atoms with Gasteiger partial charge in [-0.2, -0.15) is 5.26 Å². The summed E-state index contributed by atoms with van der Waals surface area (Å²) in [5.41, 5.74) is 2.37. The number of hydrogen-bond acceptors (Lipinski definition) is 4. The van der Waals surface area contributed by atoms with Gasteiger partial charge in [0.25, 0.3) is 0 Å². The van der Waals surface area contributed by atoms with Crippen molar-refractivity contribution in [2.24, 2.45) is 10.2 Å². The summed E-state index contributed by atoms with van der Waals surface area (Å²) in [4.78, 5) is 4.67. The van der Waals surface area contributed by atoms with Crippen molar-refractivity contribution in [2.45, 2.75) is 26.2 Å². The van der Waals surface area contributed by atoms with Crippen LogP contribution in [0, 0.1) is 11.3 Å². The van der Waals surface area contributed by atoms with Crippen molar-refractivity contribution in [3.05, 3.63) is 58.9 Å². The first-order valence-corrected chi connectivity index (χ1v) is 7.87. The number of nitriles is 1. The first-order valence-electron chi connectivity index (χ1n) is 7.49. The number of pyridine rings is 1. The molecule has 0 amide bonds. The van der Waals surface area contributed by atoms with Crippen molar-refractivity contribution >= 4 is 28.8 Å². The molecule has 0 aliphatic rings. The van der Waals surface area contributed by atoms with Crippen molar-refractivity contribution in [3.63, 3.8) is 0 Å². The van der Waals surface area contributed by atoms with E-state index in [0.717, 1.165) is 11.3 Å². The third-order valence-electron chi connectivity index (χ3n) is 3.54. The first kappa shape index (κ1) is 16.2. The fourth-order valence-electron chi connectivity index (χ4n) is 2.36. The Morgan fingerprint density at radius 1 is 1.12 bits per heavy atom. The van der Waals surface area contributed by atoms with Gasteiger partial charge in [-0.1, -0.05) is 44.5 Å². The third kappa shape index (κ3) is 3.01. The molecular formula is C18H16ClN5. The van der Waals surface area contributed by atoms with E-state index in [-0.39, 0.29) is 5.41 Å². The van der Waals surface area contributed by atoms with Crippen LogP contribution >= 0.6 is 11.6 Å². The number of halogens is 1. The van der Waals surface area contributed by atoms with E-state index < -0.39 is 0 Å². The monoisotopic (exact) mass is 337 g/mol. The summed E-state index contributed by atoms with van der Waals surface area (Å²) in [5, 5.41) is 18.4. The molecule has 24 heavy (non-hydrogen) atoms. The molecule has 0 saturated carbocycles. The molecule has 2 heterocycles. The Morgan fingerprint density at radius 3 is 2.58 bits per heavy atom. The molecule has 2 aromatic heterocycles. The molecule has 0 radical (unpaired) electrons. The van der Waals surface area contributed by atoms with Gasteiger partial charge < -0.3 is 0 Å². The van der Waals surface area contributed by atoms with Crippen LogP contribution in [0.1, 0.15) is 32.0 Å². The minimum Gasteiger partial charge on any atom is -0.281 e. The molecule has 0 fully saturated rings. The van der Waals surface area contributed by atoms with E-state index in [4.69, 9.17) is 11.6 Å². The topological polar surface area (TPSA) is 65.8 Å². The standard InChI is InChI=1S/C18H16ClN5/c1-18(2,3)16-17(24-11-13(19)8-9-15(24)21-16)23-22-14-7-5-4-6-12(14)10-20/h4-9,11H,1-3H3. The largest absolute Gasteiger partial charge is 0.281 e. The molecule has 0 spiro atoms. The quantitative estimate of drug-likeness (QED) is 0.573. The fourth-order valence-corrected chi connectivity index (χ4v) is 2.52. The van der Waals surface area contributed by atoms with Crippen LogP contribution in [0.15, 0.2) is 52.8 Å². The molecular weight excluding hydrogens is 322 g/mol. The lowest BCUT2D eigenvalue weighted by Crippen LogP contribution is -2.11. The SMILES string of the molecule is CC(C)(C)c1nc2ccc(Cl)cn2c1N=Nc1ccccc1C#N. The second-order valence-corrected chi connectivity index (χ2v) is 6.87. The van der Waals surface area contributed by atoms with Crippen LogP contribution < -0.4 is 0 Å². The van der Waals surface area contributed by atoms with Crippen molar-refractivity contribution < 1.29 is 0 Å². The van der Waals surface area contributed by atoms with Crippen molar-refractivity contribution in [1.29, 1.82) is 5.26 Å². The number of nitrogens with zero attached hydrogens (tertiary/aromatic N) is 5. The summed E-state index contributed by atoms with van der Waals surface area (Å²) in [7, 11) is 0. The first-order chi connectivity index (χ1) is 11.4. The van der Waals surface area contributed by atoms with Gasteiger partial charge in [-0.3, -0.25) is 4.40 Å². The Morgan fingerprint density at radius 2 is 1.88 bits per heavy atom. The van der Waals surface area contributed by atoms with Gasteiger partial charge in [0.1, 0.15) is 17.4 Å². The van der Waals surface area contributed by atoms with E-state index in [9.17, 15) is 5.26 Å². The Labute approximate surface area is 145 Å². The maximum atomic E-state index is 9.18. The van der Waals surface area contributed by atoms with Crippen LogP contribution in [0.2, 0.25) is 5.02 Å². The number of fused-ring (bicyclic) bond motifs is 1. The van der Waals surface area contributed by atoms with Gasteiger partial charge in [-0.15, -0.1) is 10.2 Å². The average molecular weight is 338 g/mol. The van der Waals surface area contributed by atoms with E-state index in [1.54, 1.807) is 30.5 Å². The van der Waals surface area contributed by atoms with Gasteiger partial charge in [-0.05, 0) is 24.3 Å². The molecule has 0 atom stereocenters. The highest BCUT2D eigenvalue weighted by Gasteiger charge is 2.24. The van der Waals surface area contributed by atoms with E-state index in [1.807, 2.05) is 16.5 Å². The molecule has 3 aromatic rings. The Bertz CT molecular complexity index is 973. The lowest BCUT2D eigenvalue weighted by atomic mass is 9.92. The summed E-state index contributed by atoms with van der Waals surface area (Å²) < 4.78 is 1.82. The number of imidazole rings is 1. The number of aromatic nitrogens is 2. The molecule has 5 nitrogen and oxygen atoms in total. The molecule has 0 aliphatic heterocycles. The van der Waals surface area contributed by atoms with Crippen molar-refractivity contribution in [1.82, 2.24) is 9.38 Å². The van der Waals surface area contributed by atoms with Gasteiger partial charge in [0, 0.05) is 11.6 Å². The number of azo groups is 1. The zero-order valence-electron chi connectivity index (χ0n) is 13.7. The lowest BCUT2D eigenvalue weighted by Gasteiger charge is -2.15. The van der Waals surface area contributed by atoms with Gasteiger partial charge in [0.05, 0.1) is 16.3 Å². The van der Waals surface area contributed by atoms with Gasteiger partial charge in [0.15, 0.2) is 5.82 Å². The second kappa shape index (κ2) is 6.06. The lowest BCUT2D eigenvalue weighted by molar-refractivity contribution is 0.574. The second-order valence-electron chi connectivity index (χ2n) is 6.44. The molecule has 6 heteroatoms. The summed E-state index contributed by atoms with van der Waals surface area (Å²) in [5.74, 6) is 0.618. The van der Waals surface area contributed by atoms with E-state index in [0.29, 0.717) is 22.1 Å². The normalized spacial score (nSPS) is 12.0. The zero-order valence-corrected chi connectivity index (χ0v) is 14.4. The van der Waals surface area contributed by atoms with Gasteiger partial charge in [-0.25, -0.2) is 4.98 Å². The molecule has 1 aromatic carbocycles. The molecule has 120 valence electrons. The number of hydrogen-bond donors (Lipinski definition) is 0. The highest BCUT2D eigenvalue weighted by atomic mass is 35.5. The van der Waals surface area contributed by atoms with E-state index >= 15 is 0 Å². The van der Waals surface area contributed by atoms with Crippen LogP contribution in [0.3, 0.4) is 0 Å². The number of benzene rings is 1. The van der Waals surface area contributed by atoms with Crippen molar-refractivity contribution in [2.75, 3.05) is 0 Å². The molecule has 3 rings (SSSR count). The third-order valence-corrected chi connectivity index (χ3v) is 3.77. The van der Waals surface area contributed by atoms with Gasteiger partial charge >= 0.3 is 0 Å². The maximum absolute atomic E-state index is 9.18. The summed E-state index contributed by atoms with van der Waals surface area (Å²) in [6, 6.07) is 12.9. The Hall–Kier alpha value is -2.71. The minimum atomic E-state index is -0.207. The van der Waals surface area contributed by atoms with Crippen LogP contribution in [0.25, 0.3) is 5.65 Å². The van der Waals surface area contributed by atoms with E-state index in [2.05, 4.69) is 42.1 Å². The summed E-state index contributed by atoms with van der Waals surface area (Å²) in [6.07, 6.45) is 1.77. The zero-order chi connectivity index (χ0) is 17.3. The fraction of sp³-hybridized carbons (Fsp3) is 0.222. The molecule has 0 aliphatic carbocycles. The molecule has 0 unspecified atom stereocenters. The van der Waals surface area contributed by atoms with Crippen LogP contribution in [-0.2, 0) is 5.41 Å². The smallest absolute Gasteiger partial charge is 0.183 e. The van der Waals surface area contributed by atoms with Crippen LogP contribution in [-0.4, -0.2) is 9.38 Å². The number of rotatable bonds is 2. The highest BCUT2D eigenvalue weighted by Crippen LogP contribution is 2.34. The van der Waals surface area contributed by atoms with Crippen LogP contribution in [0.5, 0.6) is 0 Å². The van der Waals surface area contributed by atoms with Crippen molar-refractivity contribution in [3.8, 4) is 6.07 Å². The maximum Gasteiger partial charge on any atom is 0.183 e. The summed E-state index contributed by atoms with van der Waals surface area (Å²) >= 11 is 6.12. The van der Waals surface area contributed by atoms with Crippen LogP contribution in [0.4, 0.5) is 11.5 Å². The van der Waals surface area contributed by atoms with E-state index in [1.165, 1.54) is 0 Å². The predicted octanol–water partition coefficient (Wildman–Crippen LogP) is 5.57. The Balaban J connectivity index is 2.19. The van der Waals surface area contributed by atoms with Gasteiger partial charge in [0.2, 0.25) is 0 Å². The molecule has 0 bridgehead atoms. The minimum absolute atomic E-state index is 0.207. The Kier molecular flexibility index (Phi) is 4.08. The average Bonchev–Trinajstić information content (AvgIpc) is 2.91. The molecule has 0 N–H and O–H groups in total. The highest BCUT2D eigenvalue weighted by molar-refractivity contribution is 6.30. The molecule has 0 saturated heterocycles.